The van der Waals surface area contributed by atoms with E-state index < -0.39 is 0 Å². The summed E-state index contributed by atoms with van der Waals surface area (Å²) in [7, 11) is 0. The molecule has 1 saturated heterocycles. The lowest BCUT2D eigenvalue weighted by molar-refractivity contribution is -0.913. The number of fused-ring (bicyclic) bond motifs is 1. The van der Waals surface area contributed by atoms with Gasteiger partial charge in [0.2, 0.25) is 0 Å². The third-order valence-electron chi connectivity index (χ3n) is 4.89. The Labute approximate surface area is 153 Å². The predicted octanol–water partition coefficient (Wildman–Crippen LogP) is 1.80. The average molecular weight is 350 g/mol. The van der Waals surface area contributed by atoms with E-state index in [2.05, 4.69) is 18.8 Å². The van der Waals surface area contributed by atoms with E-state index in [-0.39, 0.29) is 18.1 Å². The van der Waals surface area contributed by atoms with Crippen molar-refractivity contribution in [3.05, 3.63) is 60.2 Å². The fourth-order valence-electron chi connectivity index (χ4n) is 3.90. The Morgan fingerprint density at radius 3 is 2.42 bits per heavy atom. The van der Waals surface area contributed by atoms with Crippen LogP contribution in [0.4, 0.5) is 11.4 Å². The fourth-order valence-corrected chi connectivity index (χ4v) is 3.90. The maximum absolute atomic E-state index is 13.2. The molecule has 1 fully saturated rings. The first-order valence-electron chi connectivity index (χ1n) is 9.16. The normalized spacial score (nSPS) is 27.0. The monoisotopic (exact) mass is 350 g/mol. The van der Waals surface area contributed by atoms with Crippen molar-refractivity contribution in [3.63, 3.8) is 0 Å². The standard InChI is InChI=1S/C21H23N3O2/c1-15-12-23(13-16(2)26-15)14-24-19-11-7-6-10-18(19)20(21(24)25)22-17-8-4-3-5-9-17/h3-11,15-16H,12-14H2,1-2H3/p+1/t15-,16-/m1/s1. The van der Waals surface area contributed by atoms with Crippen molar-refractivity contribution >= 4 is 23.0 Å². The maximum Gasteiger partial charge on any atom is 0.281 e. The molecule has 134 valence electrons. The van der Waals surface area contributed by atoms with Crippen LogP contribution in [0.3, 0.4) is 0 Å². The van der Waals surface area contributed by atoms with Crippen LogP contribution in [0.2, 0.25) is 0 Å². The molecule has 2 heterocycles. The van der Waals surface area contributed by atoms with Gasteiger partial charge in [-0.05, 0) is 32.0 Å². The Balaban J connectivity index is 1.65. The Kier molecular flexibility index (Phi) is 4.57. The second-order valence-electron chi connectivity index (χ2n) is 7.12. The summed E-state index contributed by atoms with van der Waals surface area (Å²) in [6.45, 7) is 6.64. The largest absolute Gasteiger partial charge is 0.364 e. The number of ether oxygens (including phenoxy) is 1. The summed E-state index contributed by atoms with van der Waals surface area (Å²) in [5.74, 6) is -0.0191. The Morgan fingerprint density at radius 2 is 1.69 bits per heavy atom. The zero-order chi connectivity index (χ0) is 18.1. The Hall–Kier alpha value is -2.50. The fraction of sp³-hybridized carbons (Fsp3) is 0.333. The Morgan fingerprint density at radius 1 is 1.04 bits per heavy atom. The van der Waals surface area contributed by atoms with Crippen LogP contribution < -0.4 is 9.80 Å². The van der Waals surface area contributed by atoms with Crippen molar-refractivity contribution in [1.82, 2.24) is 0 Å². The van der Waals surface area contributed by atoms with Crippen LogP contribution in [-0.2, 0) is 9.53 Å². The third kappa shape index (κ3) is 3.28. The highest BCUT2D eigenvalue weighted by molar-refractivity contribution is 6.54. The molecule has 0 unspecified atom stereocenters. The summed E-state index contributed by atoms with van der Waals surface area (Å²) in [6.07, 6.45) is 0.415. The van der Waals surface area contributed by atoms with Gasteiger partial charge in [0.05, 0.1) is 11.4 Å². The number of nitrogens with one attached hydrogen (secondary N) is 1. The number of carbonyl (C=O) groups is 1. The van der Waals surface area contributed by atoms with Crippen LogP contribution in [0.5, 0.6) is 0 Å². The highest BCUT2D eigenvalue weighted by Gasteiger charge is 2.37. The number of rotatable bonds is 3. The minimum Gasteiger partial charge on any atom is -0.364 e. The second-order valence-corrected chi connectivity index (χ2v) is 7.12. The molecule has 4 rings (SSSR count). The number of hydrogen-bond acceptors (Lipinski definition) is 3. The number of quaternary nitrogens is 1. The minimum atomic E-state index is -0.0191. The van der Waals surface area contributed by atoms with E-state index in [0.29, 0.717) is 12.4 Å². The lowest BCUT2D eigenvalue weighted by Crippen LogP contribution is -3.17. The molecule has 2 atom stereocenters. The van der Waals surface area contributed by atoms with E-state index in [4.69, 9.17) is 4.74 Å². The van der Waals surface area contributed by atoms with Gasteiger partial charge >= 0.3 is 0 Å². The molecular weight excluding hydrogens is 326 g/mol. The molecule has 0 bridgehead atoms. The van der Waals surface area contributed by atoms with Crippen molar-refractivity contribution in [2.24, 2.45) is 4.99 Å². The maximum atomic E-state index is 13.2. The number of para-hydroxylation sites is 2. The first kappa shape index (κ1) is 16.9. The summed E-state index contributed by atoms with van der Waals surface area (Å²) < 4.78 is 5.83. The SMILES string of the molecule is C[C@@H]1C[NH+](CN2C(=O)C(=Nc3ccccc3)c3ccccc32)C[C@@H](C)O1. The van der Waals surface area contributed by atoms with Gasteiger partial charge in [-0.25, -0.2) is 4.99 Å². The highest BCUT2D eigenvalue weighted by atomic mass is 16.5. The number of amides is 1. The first-order valence-corrected chi connectivity index (χ1v) is 9.16. The summed E-state index contributed by atoms with van der Waals surface area (Å²) in [6, 6.07) is 17.6. The number of morpholine rings is 1. The molecule has 0 saturated carbocycles. The van der Waals surface area contributed by atoms with Crippen molar-refractivity contribution in [1.29, 1.82) is 0 Å². The van der Waals surface area contributed by atoms with Gasteiger partial charge in [0.1, 0.15) is 31.0 Å². The van der Waals surface area contributed by atoms with Crippen LogP contribution in [0, 0.1) is 0 Å². The number of aliphatic imine (C=N–C) groups is 1. The predicted molar refractivity (Wildman–Crippen MR) is 102 cm³/mol. The quantitative estimate of drug-likeness (QED) is 0.918. The van der Waals surface area contributed by atoms with Gasteiger partial charge in [-0.15, -0.1) is 0 Å². The molecule has 2 aliphatic heterocycles. The highest BCUT2D eigenvalue weighted by Crippen LogP contribution is 2.29. The van der Waals surface area contributed by atoms with Gasteiger partial charge in [0, 0.05) is 5.56 Å². The zero-order valence-electron chi connectivity index (χ0n) is 15.2. The van der Waals surface area contributed by atoms with Crippen molar-refractivity contribution in [3.8, 4) is 0 Å². The topological polar surface area (TPSA) is 46.3 Å². The number of anilines is 1. The van der Waals surface area contributed by atoms with Gasteiger partial charge in [-0.2, -0.15) is 0 Å². The van der Waals surface area contributed by atoms with Crippen LogP contribution >= 0.6 is 0 Å². The lowest BCUT2D eigenvalue weighted by atomic mass is 10.1. The van der Waals surface area contributed by atoms with Crippen LogP contribution in [0.15, 0.2) is 59.6 Å². The van der Waals surface area contributed by atoms with E-state index in [1.807, 2.05) is 59.5 Å². The molecule has 1 N–H and O–H groups in total. The summed E-state index contributed by atoms with van der Waals surface area (Å²) in [5, 5.41) is 0. The number of benzene rings is 2. The Bertz CT molecular complexity index is 824. The molecule has 2 aliphatic rings. The number of nitrogens with zero attached hydrogens (tertiary/aromatic N) is 2. The first-order chi connectivity index (χ1) is 12.6. The molecule has 0 spiro atoms. The summed E-state index contributed by atoms with van der Waals surface area (Å²) in [5.41, 5.74) is 3.19. The van der Waals surface area contributed by atoms with Crippen LogP contribution in [0.25, 0.3) is 0 Å². The van der Waals surface area contributed by atoms with Gasteiger partial charge < -0.3 is 9.64 Å². The summed E-state index contributed by atoms with van der Waals surface area (Å²) >= 11 is 0. The molecule has 1 amide bonds. The van der Waals surface area contributed by atoms with Gasteiger partial charge in [-0.3, -0.25) is 9.69 Å². The molecular formula is C21H24N3O2+. The van der Waals surface area contributed by atoms with E-state index in [1.165, 1.54) is 4.90 Å². The van der Waals surface area contributed by atoms with Crippen molar-refractivity contribution in [2.45, 2.75) is 26.1 Å². The smallest absolute Gasteiger partial charge is 0.281 e. The van der Waals surface area contributed by atoms with E-state index in [0.717, 1.165) is 30.0 Å². The second kappa shape index (κ2) is 7.02. The van der Waals surface area contributed by atoms with Crippen LogP contribution in [0.1, 0.15) is 19.4 Å². The molecule has 0 aromatic heterocycles. The van der Waals surface area contributed by atoms with Crippen LogP contribution in [-0.4, -0.2) is 43.6 Å². The molecule has 5 heteroatoms. The minimum absolute atomic E-state index is 0.0191. The van der Waals surface area contributed by atoms with Crippen molar-refractivity contribution in [2.75, 3.05) is 24.7 Å². The van der Waals surface area contributed by atoms with Gasteiger partial charge in [0.25, 0.3) is 5.91 Å². The summed E-state index contributed by atoms with van der Waals surface area (Å²) in [4.78, 5) is 21.0. The van der Waals surface area contributed by atoms with Crippen molar-refractivity contribution < 1.29 is 14.4 Å². The molecule has 2 aromatic rings. The van der Waals surface area contributed by atoms with E-state index in [9.17, 15) is 4.79 Å². The number of carbonyl (C=O) groups excluding carboxylic acids is 1. The molecule has 2 aromatic carbocycles. The third-order valence-corrected chi connectivity index (χ3v) is 4.89. The van der Waals surface area contributed by atoms with Gasteiger partial charge in [-0.1, -0.05) is 36.4 Å². The van der Waals surface area contributed by atoms with E-state index in [1.54, 1.807) is 0 Å². The zero-order valence-corrected chi connectivity index (χ0v) is 15.2. The lowest BCUT2D eigenvalue weighted by Gasteiger charge is -2.34. The average Bonchev–Trinajstić information content (AvgIpc) is 2.88. The molecule has 0 aliphatic carbocycles. The molecule has 5 nitrogen and oxygen atoms in total. The van der Waals surface area contributed by atoms with E-state index >= 15 is 0 Å². The molecule has 0 radical (unpaired) electrons. The van der Waals surface area contributed by atoms with Gasteiger partial charge in [0.15, 0.2) is 6.67 Å². The number of hydrogen-bond donors (Lipinski definition) is 1. The molecule has 26 heavy (non-hydrogen) atoms.